The highest BCUT2D eigenvalue weighted by molar-refractivity contribution is 7.89. The van der Waals surface area contributed by atoms with E-state index in [0.29, 0.717) is 17.4 Å². The maximum atomic E-state index is 14.3. The molecule has 114 valence electrons. The summed E-state index contributed by atoms with van der Waals surface area (Å²) in [4.78, 5) is 3.20. The Labute approximate surface area is 124 Å². The molecule has 3 aromatic rings. The van der Waals surface area contributed by atoms with E-state index in [1.165, 1.54) is 10.7 Å². The third-order valence-electron chi connectivity index (χ3n) is 3.17. The van der Waals surface area contributed by atoms with Gasteiger partial charge in [0.1, 0.15) is 16.5 Å². The van der Waals surface area contributed by atoms with Gasteiger partial charge in [0.2, 0.25) is 10.0 Å². The van der Waals surface area contributed by atoms with Crippen LogP contribution in [0.15, 0.2) is 35.5 Å². The first-order valence-electron chi connectivity index (χ1n) is 6.11. The van der Waals surface area contributed by atoms with Crippen LogP contribution in [-0.2, 0) is 10.0 Å². The molecule has 2 aromatic heterocycles. The third kappa shape index (κ3) is 2.24. The minimum absolute atomic E-state index is 0.129. The van der Waals surface area contributed by atoms with E-state index in [4.69, 9.17) is 5.14 Å². The molecule has 22 heavy (non-hydrogen) atoms. The van der Waals surface area contributed by atoms with Crippen molar-refractivity contribution in [1.82, 2.24) is 14.6 Å². The number of primary sulfonamides is 1. The van der Waals surface area contributed by atoms with Crippen LogP contribution < -0.4 is 5.14 Å². The van der Waals surface area contributed by atoms with Crippen molar-refractivity contribution >= 4 is 15.7 Å². The van der Waals surface area contributed by atoms with E-state index in [-0.39, 0.29) is 11.1 Å². The van der Waals surface area contributed by atoms with E-state index in [2.05, 4.69) is 10.1 Å². The van der Waals surface area contributed by atoms with Crippen LogP contribution >= 0.6 is 0 Å². The molecule has 0 saturated carbocycles. The minimum atomic E-state index is -4.35. The Kier molecular flexibility index (Phi) is 3.18. The summed E-state index contributed by atoms with van der Waals surface area (Å²) in [5.74, 6) is -2.05. The molecule has 0 spiro atoms. The van der Waals surface area contributed by atoms with Crippen molar-refractivity contribution in [2.75, 3.05) is 0 Å². The molecule has 0 fully saturated rings. The lowest BCUT2D eigenvalue weighted by Gasteiger charge is -2.06. The van der Waals surface area contributed by atoms with Gasteiger partial charge in [-0.1, -0.05) is 0 Å². The third-order valence-corrected chi connectivity index (χ3v) is 4.09. The van der Waals surface area contributed by atoms with Crippen molar-refractivity contribution in [2.24, 2.45) is 5.14 Å². The first kappa shape index (κ1) is 14.5. The number of benzene rings is 1. The van der Waals surface area contributed by atoms with Crippen LogP contribution in [0, 0.1) is 18.6 Å². The fraction of sp³-hybridized carbons (Fsp3) is 0.0769. The van der Waals surface area contributed by atoms with Crippen LogP contribution in [0.2, 0.25) is 0 Å². The maximum Gasteiger partial charge on any atom is 0.241 e. The average molecular weight is 324 g/mol. The average Bonchev–Trinajstić information content (AvgIpc) is 2.75. The monoisotopic (exact) mass is 324 g/mol. The molecular formula is C13H10F2N4O2S. The molecule has 2 heterocycles. The summed E-state index contributed by atoms with van der Waals surface area (Å²) < 4.78 is 52.1. The molecule has 0 aliphatic carbocycles. The van der Waals surface area contributed by atoms with Crippen molar-refractivity contribution in [2.45, 2.75) is 11.8 Å². The number of nitrogens with two attached hydrogens (primary N) is 1. The summed E-state index contributed by atoms with van der Waals surface area (Å²) in [6, 6.07) is 2.99. The number of nitrogens with zero attached hydrogens (tertiary/aromatic N) is 3. The number of halogens is 2. The molecule has 0 amide bonds. The van der Waals surface area contributed by atoms with Gasteiger partial charge in [0.05, 0.1) is 11.3 Å². The number of aromatic nitrogens is 3. The topological polar surface area (TPSA) is 90.3 Å². The number of fused-ring (bicyclic) bond motifs is 1. The molecule has 0 unspecified atom stereocenters. The summed E-state index contributed by atoms with van der Waals surface area (Å²) >= 11 is 0. The fourth-order valence-corrected chi connectivity index (χ4v) is 2.85. The smallest absolute Gasteiger partial charge is 0.236 e. The Bertz CT molecular complexity index is 999. The highest BCUT2D eigenvalue weighted by Gasteiger charge is 2.22. The van der Waals surface area contributed by atoms with Crippen molar-refractivity contribution in [3.63, 3.8) is 0 Å². The maximum absolute atomic E-state index is 14.3. The molecule has 0 bridgehead atoms. The summed E-state index contributed by atoms with van der Waals surface area (Å²) in [7, 11) is -4.35. The Balaban J connectivity index is 2.33. The zero-order valence-corrected chi connectivity index (χ0v) is 12.1. The van der Waals surface area contributed by atoms with Gasteiger partial charge in [0.25, 0.3) is 0 Å². The Hall–Kier alpha value is -2.39. The van der Waals surface area contributed by atoms with Gasteiger partial charge < -0.3 is 0 Å². The van der Waals surface area contributed by atoms with Gasteiger partial charge >= 0.3 is 0 Å². The van der Waals surface area contributed by atoms with Crippen LogP contribution in [0.4, 0.5) is 8.78 Å². The fourth-order valence-electron chi connectivity index (χ4n) is 2.25. The predicted molar refractivity (Wildman–Crippen MR) is 74.4 cm³/mol. The highest BCUT2D eigenvalue weighted by atomic mass is 32.2. The molecule has 0 saturated heterocycles. The lowest BCUT2D eigenvalue weighted by Crippen LogP contribution is -2.14. The summed E-state index contributed by atoms with van der Waals surface area (Å²) in [5.41, 5.74) is 0.927. The Morgan fingerprint density at radius 2 is 1.95 bits per heavy atom. The standard InChI is InChI=1S/C13H10F2N4O2S/c1-7-12(13-17-3-2-4-19(13)18-7)8-5-10(15)11(6-9(8)14)22(16,20)21/h2-6H,1H3,(H2,16,20,21). The van der Waals surface area contributed by atoms with Crippen molar-refractivity contribution in [3.8, 4) is 11.1 Å². The normalized spacial score (nSPS) is 12.0. The van der Waals surface area contributed by atoms with Crippen molar-refractivity contribution < 1.29 is 17.2 Å². The van der Waals surface area contributed by atoms with Crippen LogP contribution in [-0.4, -0.2) is 23.0 Å². The Morgan fingerprint density at radius 1 is 1.23 bits per heavy atom. The van der Waals surface area contributed by atoms with Gasteiger partial charge in [-0.2, -0.15) is 5.10 Å². The Morgan fingerprint density at radius 3 is 2.64 bits per heavy atom. The van der Waals surface area contributed by atoms with E-state index in [1.54, 1.807) is 19.2 Å². The first-order chi connectivity index (χ1) is 10.3. The molecule has 0 aliphatic heterocycles. The molecule has 6 nitrogen and oxygen atoms in total. The van der Waals surface area contributed by atoms with Crippen LogP contribution in [0.25, 0.3) is 16.8 Å². The number of rotatable bonds is 2. The van der Waals surface area contributed by atoms with Crippen LogP contribution in [0.3, 0.4) is 0 Å². The van der Waals surface area contributed by atoms with Crippen LogP contribution in [0.1, 0.15) is 5.69 Å². The van der Waals surface area contributed by atoms with Gasteiger partial charge in [-0.3, -0.25) is 0 Å². The predicted octanol–water partition coefficient (Wildman–Crippen LogP) is 1.63. The van der Waals surface area contributed by atoms with Gasteiger partial charge in [-0.15, -0.1) is 0 Å². The summed E-state index contributed by atoms with van der Waals surface area (Å²) in [6.45, 7) is 1.62. The summed E-state index contributed by atoms with van der Waals surface area (Å²) in [6.07, 6.45) is 3.11. The lowest BCUT2D eigenvalue weighted by atomic mass is 10.1. The lowest BCUT2D eigenvalue weighted by molar-refractivity contribution is 0.555. The second-order valence-corrected chi connectivity index (χ2v) is 6.19. The number of hydrogen-bond donors (Lipinski definition) is 1. The largest absolute Gasteiger partial charge is 0.241 e. The summed E-state index contributed by atoms with van der Waals surface area (Å²) in [5, 5.41) is 9.01. The van der Waals surface area contributed by atoms with E-state index in [9.17, 15) is 17.2 Å². The first-order valence-corrected chi connectivity index (χ1v) is 7.66. The minimum Gasteiger partial charge on any atom is -0.236 e. The van der Waals surface area contributed by atoms with Gasteiger partial charge in [0.15, 0.2) is 5.65 Å². The van der Waals surface area contributed by atoms with Crippen molar-refractivity contribution in [1.29, 1.82) is 0 Å². The van der Waals surface area contributed by atoms with E-state index in [1.807, 2.05) is 0 Å². The molecule has 0 radical (unpaired) electrons. The molecule has 9 heteroatoms. The van der Waals surface area contributed by atoms with Crippen molar-refractivity contribution in [3.05, 3.63) is 47.9 Å². The number of aryl methyl sites for hydroxylation is 1. The van der Waals surface area contributed by atoms with Gasteiger partial charge in [-0.05, 0) is 25.1 Å². The van der Waals surface area contributed by atoms with E-state index < -0.39 is 26.6 Å². The van der Waals surface area contributed by atoms with Gasteiger partial charge in [0, 0.05) is 18.0 Å². The molecule has 3 rings (SSSR count). The second-order valence-electron chi connectivity index (χ2n) is 4.66. The van der Waals surface area contributed by atoms with Gasteiger partial charge in [-0.25, -0.2) is 31.8 Å². The quantitative estimate of drug-likeness (QED) is 0.776. The van der Waals surface area contributed by atoms with Crippen LogP contribution in [0.5, 0.6) is 0 Å². The van der Waals surface area contributed by atoms with E-state index in [0.717, 1.165) is 6.07 Å². The zero-order chi connectivity index (χ0) is 16.1. The molecule has 1 aromatic carbocycles. The number of hydrogen-bond acceptors (Lipinski definition) is 4. The SMILES string of the molecule is Cc1nn2cccnc2c1-c1cc(F)c(S(N)(=O)=O)cc1F. The highest BCUT2D eigenvalue weighted by Crippen LogP contribution is 2.31. The second kappa shape index (κ2) is 4.82. The molecular weight excluding hydrogens is 314 g/mol. The molecule has 0 atom stereocenters. The zero-order valence-electron chi connectivity index (χ0n) is 11.3. The van der Waals surface area contributed by atoms with E-state index >= 15 is 0 Å². The molecule has 0 aliphatic rings. The molecule has 2 N–H and O–H groups in total. The number of sulfonamides is 1.